The van der Waals surface area contributed by atoms with Crippen LogP contribution in [0, 0.1) is 5.92 Å². The van der Waals surface area contributed by atoms with E-state index in [0.29, 0.717) is 12.0 Å². The maximum Gasteiger partial charge on any atom is 0.191 e. The molecule has 1 heterocycles. The van der Waals surface area contributed by atoms with E-state index in [1.54, 1.807) is 13.3 Å². The first-order valence-electron chi connectivity index (χ1n) is 7.12. The van der Waals surface area contributed by atoms with Crippen molar-refractivity contribution in [1.82, 2.24) is 15.5 Å². The molecule has 0 saturated heterocycles. The third-order valence-electron chi connectivity index (χ3n) is 3.55. The van der Waals surface area contributed by atoms with Crippen LogP contribution in [0.15, 0.2) is 27.8 Å². The first kappa shape index (κ1) is 16.6. The van der Waals surface area contributed by atoms with E-state index in [1.165, 1.54) is 0 Å². The quantitative estimate of drug-likeness (QED) is 0.619. The SMILES string of the molecule is CN=C(NCC(c1ccco1)N(C)C)NC(C)C(C)C. The Hall–Kier alpha value is -1.49. The van der Waals surface area contributed by atoms with Gasteiger partial charge in [-0.3, -0.25) is 9.89 Å². The molecule has 0 aliphatic heterocycles. The number of likely N-dealkylation sites (N-methyl/N-ethyl adjacent to an activating group) is 1. The van der Waals surface area contributed by atoms with Crippen molar-refractivity contribution in [3.63, 3.8) is 0 Å². The molecule has 1 aromatic heterocycles. The second kappa shape index (κ2) is 7.94. The Labute approximate surface area is 122 Å². The average molecular weight is 280 g/mol. The zero-order valence-electron chi connectivity index (χ0n) is 13.5. The minimum absolute atomic E-state index is 0.179. The van der Waals surface area contributed by atoms with Crippen LogP contribution in [0.1, 0.15) is 32.6 Å². The number of nitrogens with zero attached hydrogens (tertiary/aromatic N) is 2. The van der Waals surface area contributed by atoms with Crippen LogP contribution in [0.2, 0.25) is 0 Å². The molecule has 0 spiro atoms. The molecule has 5 heteroatoms. The highest BCUT2D eigenvalue weighted by Crippen LogP contribution is 2.17. The summed E-state index contributed by atoms with van der Waals surface area (Å²) in [5.74, 6) is 2.34. The van der Waals surface area contributed by atoms with Crippen LogP contribution in [-0.4, -0.2) is 44.6 Å². The second-order valence-corrected chi connectivity index (χ2v) is 5.62. The first-order valence-corrected chi connectivity index (χ1v) is 7.12. The highest BCUT2D eigenvalue weighted by molar-refractivity contribution is 5.79. The Morgan fingerprint density at radius 2 is 2.05 bits per heavy atom. The van der Waals surface area contributed by atoms with E-state index >= 15 is 0 Å². The van der Waals surface area contributed by atoms with Crippen LogP contribution in [0.4, 0.5) is 0 Å². The molecule has 0 saturated carbocycles. The maximum atomic E-state index is 5.50. The summed E-state index contributed by atoms with van der Waals surface area (Å²) in [5, 5.41) is 6.76. The fourth-order valence-electron chi connectivity index (χ4n) is 1.79. The van der Waals surface area contributed by atoms with Crippen molar-refractivity contribution in [2.24, 2.45) is 10.9 Å². The molecule has 2 unspecified atom stereocenters. The summed E-state index contributed by atoms with van der Waals surface area (Å²) in [6, 6.07) is 4.47. The number of guanidine groups is 1. The molecule has 0 radical (unpaired) electrons. The Morgan fingerprint density at radius 3 is 2.50 bits per heavy atom. The lowest BCUT2D eigenvalue weighted by molar-refractivity contribution is 0.257. The Kier molecular flexibility index (Phi) is 6.58. The standard InChI is InChI=1S/C15H28N4O/c1-11(2)12(3)18-15(16-4)17-10-13(19(5)6)14-8-7-9-20-14/h7-9,11-13H,10H2,1-6H3,(H2,16,17,18). The average Bonchev–Trinajstić information content (AvgIpc) is 2.90. The zero-order valence-corrected chi connectivity index (χ0v) is 13.5. The van der Waals surface area contributed by atoms with Gasteiger partial charge in [-0.05, 0) is 39.1 Å². The van der Waals surface area contributed by atoms with Crippen LogP contribution in [0.5, 0.6) is 0 Å². The van der Waals surface area contributed by atoms with Crippen molar-refractivity contribution in [3.05, 3.63) is 24.2 Å². The molecule has 0 bridgehead atoms. The summed E-state index contributed by atoms with van der Waals surface area (Å²) in [7, 11) is 5.88. The third kappa shape index (κ3) is 4.89. The van der Waals surface area contributed by atoms with Gasteiger partial charge < -0.3 is 15.1 Å². The molecular formula is C15H28N4O. The molecule has 0 amide bonds. The summed E-state index contributed by atoms with van der Waals surface area (Å²) < 4.78 is 5.50. The predicted molar refractivity (Wildman–Crippen MR) is 83.9 cm³/mol. The zero-order chi connectivity index (χ0) is 15.1. The van der Waals surface area contributed by atoms with Crippen molar-refractivity contribution in [1.29, 1.82) is 0 Å². The van der Waals surface area contributed by atoms with Gasteiger partial charge in [0.05, 0.1) is 12.3 Å². The van der Waals surface area contributed by atoms with Gasteiger partial charge in [0, 0.05) is 19.6 Å². The van der Waals surface area contributed by atoms with Gasteiger partial charge in [0.15, 0.2) is 5.96 Å². The lowest BCUT2D eigenvalue weighted by atomic mass is 10.1. The minimum Gasteiger partial charge on any atom is -0.468 e. The molecule has 114 valence electrons. The van der Waals surface area contributed by atoms with E-state index in [2.05, 4.69) is 41.3 Å². The summed E-state index contributed by atoms with van der Waals surface area (Å²) in [4.78, 5) is 6.40. The van der Waals surface area contributed by atoms with E-state index in [0.717, 1.165) is 18.3 Å². The molecule has 2 N–H and O–H groups in total. The van der Waals surface area contributed by atoms with Crippen LogP contribution in [0.25, 0.3) is 0 Å². The van der Waals surface area contributed by atoms with Gasteiger partial charge in [0.25, 0.3) is 0 Å². The number of rotatable bonds is 6. The van der Waals surface area contributed by atoms with Crippen molar-refractivity contribution < 1.29 is 4.42 Å². The highest BCUT2D eigenvalue weighted by atomic mass is 16.3. The smallest absolute Gasteiger partial charge is 0.191 e. The van der Waals surface area contributed by atoms with Crippen LogP contribution in [-0.2, 0) is 0 Å². The predicted octanol–water partition coefficient (Wildman–Crippen LogP) is 2.09. The maximum absolute atomic E-state index is 5.50. The van der Waals surface area contributed by atoms with Crippen molar-refractivity contribution in [2.45, 2.75) is 32.9 Å². The van der Waals surface area contributed by atoms with E-state index < -0.39 is 0 Å². The second-order valence-electron chi connectivity index (χ2n) is 5.62. The van der Waals surface area contributed by atoms with Crippen LogP contribution >= 0.6 is 0 Å². The van der Waals surface area contributed by atoms with Crippen molar-refractivity contribution in [3.8, 4) is 0 Å². The Balaban J connectivity index is 2.58. The number of furan rings is 1. The Bertz CT molecular complexity index is 398. The normalized spacial score (nSPS) is 15.5. The molecule has 5 nitrogen and oxygen atoms in total. The molecule has 2 atom stereocenters. The summed E-state index contributed by atoms with van der Waals surface area (Å²) >= 11 is 0. The monoisotopic (exact) mass is 280 g/mol. The van der Waals surface area contributed by atoms with E-state index in [4.69, 9.17) is 4.42 Å². The van der Waals surface area contributed by atoms with Crippen LogP contribution < -0.4 is 10.6 Å². The van der Waals surface area contributed by atoms with Gasteiger partial charge in [-0.1, -0.05) is 13.8 Å². The number of aliphatic imine (C=N–C) groups is 1. The lowest BCUT2D eigenvalue weighted by Gasteiger charge is -2.25. The molecule has 0 aliphatic carbocycles. The van der Waals surface area contributed by atoms with Gasteiger partial charge in [-0.15, -0.1) is 0 Å². The molecule has 20 heavy (non-hydrogen) atoms. The van der Waals surface area contributed by atoms with Gasteiger partial charge in [0.1, 0.15) is 5.76 Å². The molecule has 1 aromatic rings. The van der Waals surface area contributed by atoms with Gasteiger partial charge in [-0.25, -0.2) is 0 Å². The third-order valence-corrected chi connectivity index (χ3v) is 3.55. The summed E-state index contributed by atoms with van der Waals surface area (Å²) in [5.41, 5.74) is 0. The lowest BCUT2D eigenvalue weighted by Crippen LogP contribution is -2.46. The van der Waals surface area contributed by atoms with Crippen molar-refractivity contribution in [2.75, 3.05) is 27.7 Å². The van der Waals surface area contributed by atoms with E-state index in [9.17, 15) is 0 Å². The van der Waals surface area contributed by atoms with Gasteiger partial charge in [-0.2, -0.15) is 0 Å². The topological polar surface area (TPSA) is 52.8 Å². The fourth-order valence-corrected chi connectivity index (χ4v) is 1.79. The van der Waals surface area contributed by atoms with E-state index in [1.807, 2.05) is 26.2 Å². The summed E-state index contributed by atoms with van der Waals surface area (Å²) in [6.45, 7) is 7.28. The van der Waals surface area contributed by atoms with E-state index in [-0.39, 0.29) is 6.04 Å². The molecule has 0 fully saturated rings. The molecule has 0 aromatic carbocycles. The number of nitrogens with one attached hydrogen (secondary N) is 2. The summed E-state index contributed by atoms with van der Waals surface area (Å²) in [6.07, 6.45) is 1.71. The molecule has 1 rings (SSSR count). The first-order chi connectivity index (χ1) is 9.45. The fraction of sp³-hybridized carbons (Fsp3) is 0.667. The highest BCUT2D eigenvalue weighted by Gasteiger charge is 2.17. The van der Waals surface area contributed by atoms with Crippen molar-refractivity contribution >= 4 is 5.96 Å². The Morgan fingerprint density at radius 1 is 1.35 bits per heavy atom. The van der Waals surface area contributed by atoms with Gasteiger partial charge in [0.2, 0.25) is 0 Å². The van der Waals surface area contributed by atoms with Gasteiger partial charge >= 0.3 is 0 Å². The molecular weight excluding hydrogens is 252 g/mol. The number of hydrogen-bond donors (Lipinski definition) is 2. The molecule has 0 aliphatic rings. The number of hydrogen-bond acceptors (Lipinski definition) is 3. The minimum atomic E-state index is 0.179. The van der Waals surface area contributed by atoms with Crippen LogP contribution in [0.3, 0.4) is 0 Å². The largest absolute Gasteiger partial charge is 0.468 e.